The van der Waals surface area contributed by atoms with Crippen molar-refractivity contribution in [3.05, 3.63) is 65.4 Å². The van der Waals surface area contributed by atoms with Crippen molar-refractivity contribution >= 4 is 11.9 Å². The number of hydrogen-bond donors (Lipinski definition) is 3. The topological polar surface area (TPSA) is 117 Å². The fourth-order valence-corrected chi connectivity index (χ4v) is 4.47. The molecule has 0 radical (unpaired) electrons. The molecular weight excluding hydrogens is 472 g/mol. The molecule has 37 heavy (non-hydrogen) atoms. The highest BCUT2D eigenvalue weighted by atomic mass is 16.5. The molecule has 9 heteroatoms. The highest BCUT2D eigenvalue weighted by Gasteiger charge is 2.19. The van der Waals surface area contributed by atoms with Crippen LogP contribution in [0.3, 0.4) is 0 Å². The van der Waals surface area contributed by atoms with Crippen molar-refractivity contribution in [3.63, 3.8) is 0 Å². The number of hydrogen-bond acceptors (Lipinski definition) is 6. The molecular formula is C28H34N4O5. The first-order valence-corrected chi connectivity index (χ1v) is 12.7. The molecule has 0 bridgehead atoms. The zero-order valence-corrected chi connectivity index (χ0v) is 21.2. The number of carbonyl (C=O) groups is 2. The summed E-state index contributed by atoms with van der Waals surface area (Å²) >= 11 is 0. The van der Waals surface area contributed by atoms with Crippen LogP contribution in [-0.4, -0.2) is 58.4 Å². The molecule has 1 aliphatic heterocycles. The molecule has 1 aliphatic rings. The smallest absolute Gasteiger partial charge is 0.307 e. The quantitative estimate of drug-likeness (QED) is 0.446. The lowest BCUT2D eigenvalue weighted by molar-refractivity contribution is -0.136. The number of H-pyrrole nitrogens is 1. The number of benzene rings is 2. The molecule has 1 aromatic heterocycles. The highest BCUT2D eigenvalue weighted by Crippen LogP contribution is 2.27. The van der Waals surface area contributed by atoms with Crippen LogP contribution in [0.4, 0.5) is 0 Å². The van der Waals surface area contributed by atoms with Gasteiger partial charge in [-0.05, 0) is 62.1 Å². The van der Waals surface area contributed by atoms with Gasteiger partial charge in [0.25, 0.3) is 0 Å². The number of fused-ring (bicyclic) bond motifs is 1. The van der Waals surface area contributed by atoms with Crippen LogP contribution < -0.4 is 14.8 Å². The number of carboxylic acid groups (broad SMARTS) is 1. The van der Waals surface area contributed by atoms with Crippen LogP contribution in [0.2, 0.25) is 0 Å². The van der Waals surface area contributed by atoms with E-state index in [-0.39, 0.29) is 18.9 Å². The normalized spacial score (nSPS) is 15.3. The maximum atomic E-state index is 12.8. The number of rotatable bonds is 7. The molecule has 0 fully saturated rings. The zero-order valence-electron chi connectivity index (χ0n) is 21.2. The van der Waals surface area contributed by atoms with Crippen LogP contribution in [0.1, 0.15) is 42.9 Å². The first-order chi connectivity index (χ1) is 18.0. The molecule has 0 unspecified atom stereocenters. The molecule has 0 saturated carbocycles. The van der Waals surface area contributed by atoms with E-state index in [4.69, 9.17) is 9.47 Å². The zero-order chi connectivity index (χ0) is 26.0. The first-order valence-electron chi connectivity index (χ1n) is 12.7. The lowest BCUT2D eigenvalue weighted by atomic mass is 10.0. The van der Waals surface area contributed by atoms with Crippen molar-refractivity contribution in [2.24, 2.45) is 0 Å². The Bertz CT molecular complexity index is 1190. The number of carboxylic acids is 1. The van der Waals surface area contributed by atoms with E-state index in [1.807, 2.05) is 48.2 Å². The number of aromatic nitrogens is 2. The number of aromatic amines is 1. The monoisotopic (exact) mass is 506 g/mol. The van der Waals surface area contributed by atoms with Crippen molar-refractivity contribution in [2.75, 3.05) is 26.3 Å². The van der Waals surface area contributed by atoms with E-state index in [0.717, 1.165) is 53.1 Å². The van der Waals surface area contributed by atoms with Gasteiger partial charge >= 0.3 is 5.97 Å². The number of aliphatic carboxylic acids is 1. The van der Waals surface area contributed by atoms with Gasteiger partial charge in [0.05, 0.1) is 38.1 Å². The number of nitrogens with one attached hydrogen (secondary N) is 2. The van der Waals surface area contributed by atoms with Gasteiger partial charge in [-0.3, -0.25) is 19.6 Å². The summed E-state index contributed by atoms with van der Waals surface area (Å²) in [5.41, 5.74) is 4.35. The Balaban J connectivity index is 1.61. The van der Waals surface area contributed by atoms with Crippen molar-refractivity contribution in [1.29, 1.82) is 0 Å². The van der Waals surface area contributed by atoms with Gasteiger partial charge in [-0.15, -0.1) is 0 Å². The van der Waals surface area contributed by atoms with Crippen LogP contribution in [0.5, 0.6) is 11.5 Å². The lowest BCUT2D eigenvalue weighted by Gasteiger charge is -2.23. The second-order valence-corrected chi connectivity index (χ2v) is 9.14. The SMILES string of the molecule is CCOc1ccc(-c2[nH]ncc2CN2CC(=O)NCCCCCOc3ccc(CC(=O)O)cc3C2)cc1. The third-order valence-electron chi connectivity index (χ3n) is 6.21. The van der Waals surface area contributed by atoms with Gasteiger partial charge in [0.2, 0.25) is 5.91 Å². The lowest BCUT2D eigenvalue weighted by Crippen LogP contribution is -2.37. The van der Waals surface area contributed by atoms with Crippen LogP contribution in [-0.2, 0) is 29.1 Å². The number of carbonyl (C=O) groups excluding carboxylic acids is 1. The summed E-state index contributed by atoms with van der Waals surface area (Å²) in [5.74, 6) is 0.587. The minimum atomic E-state index is -0.889. The summed E-state index contributed by atoms with van der Waals surface area (Å²) < 4.78 is 11.6. The maximum absolute atomic E-state index is 12.8. The van der Waals surface area contributed by atoms with E-state index in [9.17, 15) is 14.7 Å². The Morgan fingerprint density at radius 1 is 1.14 bits per heavy atom. The van der Waals surface area contributed by atoms with Gasteiger partial charge in [0.1, 0.15) is 11.5 Å². The molecule has 3 N–H and O–H groups in total. The van der Waals surface area contributed by atoms with E-state index in [2.05, 4.69) is 15.5 Å². The largest absolute Gasteiger partial charge is 0.494 e. The van der Waals surface area contributed by atoms with Crippen molar-refractivity contribution in [1.82, 2.24) is 20.4 Å². The fourth-order valence-electron chi connectivity index (χ4n) is 4.47. The third-order valence-corrected chi connectivity index (χ3v) is 6.21. The summed E-state index contributed by atoms with van der Waals surface area (Å²) in [5, 5.41) is 19.7. The number of ether oxygens (including phenoxy) is 2. The summed E-state index contributed by atoms with van der Waals surface area (Å²) in [6, 6.07) is 13.3. The third kappa shape index (κ3) is 7.57. The molecule has 0 atom stereocenters. The van der Waals surface area contributed by atoms with E-state index in [1.54, 1.807) is 12.3 Å². The second-order valence-electron chi connectivity index (χ2n) is 9.14. The van der Waals surface area contributed by atoms with E-state index < -0.39 is 5.97 Å². The standard InChI is InChI=1S/C28H34N4O5/c1-2-36-24-9-7-21(8-10-24)28-23(16-30-31-28)18-32-17-22-14-20(15-27(34)35)6-11-25(22)37-13-5-3-4-12-29-26(33)19-32/h6-11,14,16H,2-5,12-13,15,17-19H2,1H3,(H,29,33)(H,30,31)(H,34,35). The molecule has 0 aliphatic carbocycles. The average Bonchev–Trinajstić information content (AvgIpc) is 3.32. The molecule has 1 amide bonds. The fraction of sp³-hybridized carbons (Fsp3) is 0.393. The number of amides is 1. The average molecular weight is 507 g/mol. The van der Waals surface area contributed by atoms with E-state index in [0.29, 0.717) is 38.4 Å². The molecule has 3 aromatic rings. The summed E-state index contributed by atoms with van der Waals surface area (Å²) in [6.45, 7) is 4.83. The van der Waals surface area contributed by atoms with Gasteiger partial charge in [-0.2, -0.15) is 5.10 Å². The second kappa shape index (κ2) is 12.9. The van der Waals surface area contributed by atoms with Gasteiger partial charge in [0.15, 0.2) is 0 Å². The molecule has 0 saturated heterocycles. The number of nitrogens with zero attached hydrogens (tertiary/aromatic N) is 2. The molecule has 2 heterocycles. The van der Waals surface area contributed by atoms with Gasteiger partial charge < -0.3 is 19.9 Å². The predicted octanol–water partition coefficient (Wildman–Crippen LogP) is 3.78. The van der Waals surface area contributed by atoms with Gasteiger partial charge in [0, 0.05) is 36.3 Å². The molecule has 196 valence electrons. The molecule has 9 nitrogen and oxygen atoms in total. The minimum Gasteiger partial charge on any atom is -0.494 e. The Morgan fingerprint density at radius 3 is 2.76 bits per heavy atom. The van der Waals surface area contributed by atoms with Crippen molar-refractivity contribution in [3.8, 4) is 22.8 Å². The Hall–Kier alpha value is -3.85. The van der Waals surface area contributed by atoms with Crippen molar-refractivity contribution in [2.45, 2.75) is 45.7 Å². The van der Waals surface area contributed by atoms with Gasteiger partial charge in [-0.25, -0.2) is 0 Å². The minimum absolute atomic E-state index is 0.0467. The van der Waals surface area contributed by atoms with Crippen LogP contribution in [0.15, 0.2) is 48.7 Å². The maximum Gasteiger partial charge on any atom is 0.307 e. The van der Waals surface area contributed by atoms with Gasteiger partial charge in [-0.1, -0.05) is 12.1 Å². The predicted molar refractivity (Wildman–Crippen MR) is 139 cm³/mol. The Kier molecular flexibility index (Phi) is 9.15. The Labute approximate surface area is 216 Å². The molecule has 4 rings (SSSR count). The van der Waals surface area contributed by atoms with Crippen LogP contribution >= 0.6 is 0 Å². The summed E-state index contributed by atoms with van der Waals surface area (Å²) in [4.78, 5) is 26.2. The van der Waals surface area contributed by atoms with Crippen LogP contribution in [0.25, 0.3) is 11.3 Å². The first kappa shape index (κ1) is 26.2. The Morgan fingerprint density at radius 2 is 1.97 bits per heavy atom. The molecule has 0 spiro atoms. The molecule has 2 aromatic carbocycles. The van der Waals surface area contributed by atoms with E-state index >= 15 is 0 Å². The summed E-state index contributed by atoms with van der Waals surface area (Å²) in [6.07, 6.45) is 4.44. The highest BCUT2D eigenvalue weighted by molar-refractivity contribution is 5.78. The van der Waals surface area contributed by atoms with Crippen LogP contribution in [0, 0.1) is 0 Å². The van der Waals surface area contributed by atoms with Crippen molar-refractivity contribution < 1.29 is 24.2 Å². The summed E-state index contributed by atoms with van der Waals surface area (Å²) in [7, 11) is 0. The van der Waals surface area contributed by atoms with E-state index in [1.165, 1.54) is 0 Å².